The van der Waals surface area contributed by atoms with E-state index in [0.717, 1.165) is 11.3 Å². The van der Waals surface area contributed by atoms with Crippen molar-refractivity contribution in [3.05, 3.63) is 69.7 Å². The van der Waals surface area contributed by atoms with Crippen LogP contribution in [0.3, 0.4) is 0 Å². The largest absolute Gasteiger partial charge is 0.306 e. The number of sulfone groups is 1. The molecule has 1 aromatic heterocycles. The molecule has 0 fully saturated rings. The van der Waals surface area contributed by atoms with Gasteiger partial charge < -0.3 is 10.2 Å². The molecule has 0 radical (unpaired) electrons. The van der Waals surface area contributed by atoms with Crippen LogP contribution in [0.2, 0.25) is 5.02 Å². The summed E-state index contributed by atoms with van der Waals surface area (Å²) in [5.41, 5.74) is 1.87. The third kappa shape index (κ3) is 4.55. The van der Waals surface area contributed by atoms with Gasteiger partial charge in [0.25, 0.3) is 5.91 Å². The Hall–Kier alpha value is -2.75. The van der Waals surface area contributed by atoms with E-state index in [9.17, 15) is 18.0 Å². The number of rotatable bonds is 6. The predicted octanol–water partition coefficient (Wildman–Crippen LogP) is 3.97. The number of halogens is 1. The number of anilines is 2. The molecule has 0 saturated carbocycles. The number of para-hydroxylation sites is 1. The molecule has 1 aliphatic heterocycles. The van der Waals surface area contributed by atoms with Crippen molar-refractivity contribution in [2.75, 3.05) is 22.5 Å². The second kappa shape index (κ2) is 9.01. The smallest absolute Gasteiger partial charge is 0.270 e. The predicted molar refractivity (Wildman–Crippen MR) is 125 cm³/mol. The highest BCUT2D eigenvalue weighted by Crippen LogP contribution is 2.33. The van der Waals surface area contributed by atoms with Gasteiger partial charge in [0.05, 0.1) is 33.5 Å². The fourth-order valence-electron chi connectivity index (χ4n) is 3.45. The lowest BCUT2D eigenvalue weighted by Crippen LogP contribution is -2.37. The second-order valence-corrected chi connectivity index (χ2v) is 10.9. The van der Waals surface area contributed by atoms with Crippen molar-refractivity contribution < 1.29 is 18.0 Å². The molecule has 7 nitrogen and oxygen atoms in total. The van der Waals surface area contributed by atoms with Gasteiger partial charge >= 0.3 is 0 Å². The number of carbonyl (C=O) groups is 2. The summed E-state index contributed by atoms with van der Waals surface area (Å²) >= 11 is 7.37. The summed E-state index contributed by atoms with van der Waals surface area (Å²) in [5, 5.41) is 3.56. The van der Waals surface area contributed by atoms with Gasteiger partial charge in [-0.15, -0.1) is 0 Å². The van der Waals surface area contributed by atoms with E-state index in [1.807, 2.05) is 6.07 Å². The van der Waals surface area contributed by atoms with Crippen LogP contribution in [0.4, 0.5) is 10.8 Å². The number of hydrogen-bond donors (Lipinski definition) is 1. The van der Waals surface area contributed by atoms with E-state index in [1.165, 1.54) is 12.1 Å². The minimum Gasteiger partial charge on any atom is -0.306 e. The van der Waals surface area contributed by atoms with Gasteiger partial charge in [-0.25, -0.2) is 13.4 Å². The fourth-order valence-corrected chi connectivity index (χ4v) is 5.61. The number of benzene rings is 2. The molecule has 0 unspecified atom stereocenters. The van der Waals surface area contributed by atoms with Crippen molar-refractivity contribution in [3.8, 4) is 0 Å². The van der Waals surface area contributed by atoms with E-state index in [-0.39, 0.29) is 28.9 Å². The Kier molecular flexibility index (Phi) is 6.32. The molecule has 1 N–H and O–H groups in total. The molecule has 10 heteroatoms. The van der Waals surface area contributed by atoms with Crippen LogP contribution in [0, 0.1) is 0 Å². The van der Waals surface area contributed by atoms with Crippen LogP contribution < -0.4 is 10.2 Å². The standard InChI is InChI=1S/C22H20ClN3O4S2/c1-2-32(29,30)15-7-5-6-14(12-15)13-19(27)25-22-24-17-10-11-26(21(28)20(17)31-22)18-9-4-3-8-16(18)23/h3-9,12H,2,10-11,13H2,1H3,(H,24,25,27). The minimum absolute atomic E-state index is 0.00296. The fraction of sp³-hybridized carbons (Fsp3) is 0.227. The van der Waals surface area contributed by atoms with E-state index >= 15 is 0 Å². The average molecular weight is 490 g/mol. The average Bonchev–Trinajstić information content (AvgIpc) is 3.18. The summed E-state index contributed by atoms with van der Waals surface area (Å²) in [4.78, 5) is 32.2. The third-order valence-corrected chi connectivity index (χ3v) is 8.15. The number of amides is 2. The van der Waals surface area contributed by atoms with Gasteiger partial charge in [-0.2, -0.15) is 0 Å². The molecule has 0 bridgehead atoms. The molecule has 0 saturated heterocycles. The summed E-state index contributed by atoms with van der Waals surface area (Å²) in [5.74, 6) is -0.542. The number of aromatic nitrogens is 1. The number of thiazole rings is 1. The Labute approximate surface area is 195 Å². The highest BCUT2D eigenvalue weighted by atomic mass is 35.5. The summed E-state index contributed by atoms with van der Waals surface area (Å²) in [6, 6.07) is 13.5. The van der Waals surface area contributed by atoms with Crippen LogP contribution >= 0.6 is 22.9 Å². The topological polar surface area (TPSA) is 96.4 Å². The zero-order chi connectivity index (χ0) is 22.9. The van der Waals surface area contributed by atoms with Gasteiger partial charge in [-0.05, 0) is 29.8 Å². The lowest BCUT2D eigenvalue weighted by Gasteiger charge is -2.26. The van der Waals surface area contributed by atoms with Crippen LogP contribution in [0.15, 0.2) is 53.4 Å². The van der Waals surface area contributed by atoms with E-state index in [4.69, 9.17) is 11.6 Å². The Morgan fingerprint density at radius 1 is 1.22 bits per heavy atom. The molecule has 2 amide bonds. The monoisotopic (exact) mass is 489 g/mol. The highest BCUT2D eigenvalue weighted by molar-refractivity contribution is 7.91. The highest BCUT2D eigenvalue weighted by Gasteiger charge is 2.30. The molecule has 3 aromatic rings. The zero-order valence-corrected chi connectivity index (χ0v) is 19.6. The maximum Gasteiger partial charge on any atom is 0.270 e. The number of carbonyl (C=O) groups excluding carboxylic acids is 2. The van der Waals surface area contributed by atoms with Gasteiger partial charge in [0.2, 0.25) is 5.91 Å². The Morgan fingerprint density at radius 3 is 2.75 bits per heavy atom. The maximum atomic E-state index is 13.0. The summed E-state index contributed by atoms with van der Waals surface area (Å²) in [7, 11) is -3.35. The molecule has 2 heterocycles. The van der Waals surface area contributed by atoms with Gasteiger partial charge in [-0.1, -0.05) is 54.1 Å². The molecule has 32 heavy (non-hydrogen) atoms. The lowest BCUT2D eigenvalue weighted by atomic mass is 10.1. The number of hydrogen-bond acceptors (Lipinski definition) is 6. The third-order valence-electron chi connectivity index (χ3n) is 5.10. The van der Waals surface area contributed by atoms with Crippen molar-refractivity contribution in [2.24, 2.45) is 0 Å². The van der Waals surface area contributed by atoms with Gasteiger partial charge in [0.15, 0.2) is 15.0 Å². The van der Waals surface area contributed by atoms with Crippen LogP contribution in [0.5, 0.6) is 0 Å². The van der Waals surface area contributed by atoms with Crippen LogP contribution in [-0.2, 0) is 27.5 Å². The molecule has 0 aliphatic carbocycles. The quantitative estimate of drug-likeness (QED) is 0.565. The van der Waals surface area contributed by atoms with E-state index in [2.05, 4.69) is 10.3 Å². The van der Waals surface area contributed by atoms with E-state index in [0.29, 0.717) is 44.9 Å². The molecule has 0 spiro atoms. The molecular weight excluding hydrogens is 470 g/mol. The van der Waals surface area contributed by atoms with Crippen molar-refractivity contribution in [3.63, 3.8) is 0 Å². The Morgan fingerprint density at radius 2 is 2.00 bits per heavy atom. The van der Waals surface area contributed by atoms with Crippen LogP contribution in [-0.4, -0.2) is 37.5 Å². The van der Waals surface area contributed by atoms with Crippen LogP contribution in [0.25, 0.3) is 0 Å². The Balaban J connectivity index is 1.48. The number of fused-ring (bicyclic) bond motifs is 1. The van der Waals surface area contributed by atoms with E-state index < -0.39 is 9.84 Å². The normalized spacial score (nSPS) is 13.7. The van der Waals surface area contributed by atoms with Crippen molar-refractivity contribution in [2.45, 2.75) is 24.7 Å². The summed E-state index contributed by atoms with van der Waals surface area (Å²) in [6.45, 7) is 2.03. The Bertz CT molecular complexity index is 1300. The molecule has 4 rings (SSSR count). The molecular formula is C22H20ClN3O4S2. The zero-order valence-electron chi connectivity index (χ0n) is 17.2. The first kappa shape index (κ1) is 22.4. The molecule has 1 aliphatic rings. The van der Waals surface area contributed by atoms with Gasteiger partial charge in [0.1, 0.15) is 4.88 Å². The first-order valence-corrected chi connectivity index (χ1v) is 12.8. The first-order chi connectivity index (χ1) is 15.3. The molecule has 166 valence electrons. The minimum atomic E-state index is -3.35. The SMILES string of the molecule is CCS(=O)(=O)c1cccc(CC(=O)Nc2nc3c(s2)C(=O)N(c2ccccc2Cl)CC3)c1. The molecule has 0 atom stereocenters. The van der Waals surface area contributed by atoms with Crippen molar-refractivity contribution in [1.82, 2.24) is 4.98 Å². The second-order valence-electron chi connectivity index (χ2n) is 7.23. The summed E-state index contributed by atoms with van der Waals surface area (Å²) in [6.07, 6.45) is 0.548. The summed E-state index contributed by atoms with van der Waals surface area (Å²) < 4.78 is 24.1. The van der Waals surface area contributed by atoms with Crippen molar-refractivity contribution in [1.29, 1.82) is 0 Å². The maximum absolute atomic E-state index is 13.0. The number of nitrogens with one attached hydrogen (secondary N) is 1. The molecule has 2 aromatic carbocycles. The van der Waals surface area contributed by atoms with Crippen LogP contribution in [0.1, 0.15) is 27.9 Å². The lowest BCUT2D eigenvalue weighted by molar-refractivity contribution is -0.115. The first-order valence-electron chi connectivity index (χ1n) is 9.96. The van der Waals surface area contributed by atoms with Gasteiger partial charge in [0, 0.05) is 13.0 Å². The van der Waals surface area contributed by atoms with E-state index in [1.54, 1.807) is 42.2 Å². The number of nitrogens with zero attached hydrogens (tertiary/aromatic N) is 2. The van der Waals surface area contributed by atoms with Gasteiger partial charge in [-0.3, -0.25) is 9.59 Å². The van der Waals surface area contributed by atoms with Crippen molar-refractivity contribution >= 4 is 55.4 Å².